The highest BCUT2D eigenvalue weighted by molar-refractivity contribution is 9.10. The van der Waals surface area contributed by atoms with E-state index >= 15 is 0 Å². The molecule has 2 heterocycles. The predicted octanol–water partition coefficient (Wildman–Crippen LogP) is 5.94. The number of fused-ring (bicyclic) bond motifs is 1. The highest BCUT2D eigenvalue weighted by Crippen LogP contribution is 2.29. The number of hydrogen-bond donors (Lipinski definition) is 0. The maximum absolute atomic E-state index is 14.8. The average Bonchev–Trinajstić information content (AvgIpc) is 3.29. The number of carbonyl (C=O) groups excluding carboxylic acids is 2. The summed E-state index contributed by atoms with van der Waals surface area (Å²) in [5, 5.41) is 0. The van der Waals surface area contributed by atoms with E-state index in [-0.39, 0.29) is 30.0 Å². The normalized spacial score (nSPS) is 15.3. The highest BCUT2D eigenvalue weighted by atomic mass is 79.9. The monoisotopic (exact) mass is 589 g/mol. The third kappa shape index (κ3) is 5.87. The maximum atomic E-state index is 14.8. The molecule has 5 rings (SSSR count). The first-order valence-corrected chi connectivity index (χ1v) is 13.7. The molecule has 8 heteroatoms. The Hall–Kier alpha value is -3.62. The molecule has 0 spiro atoms. The van der Waals surface area contributed by atoms with Gasteiger partial charge in [0, 0.05) is 30.0 Å². The Labute approximate surface area is 235 Å². The van der Waals surface area contributed by atoms with Crippen LogP contribution in [0.25, 0.3) is 0 Å². The van der Waals surface area contributed by atoms with Crippen molar-refractivity contribution in [2.45, 2.75) is 52.0 Å². The summed E-state index contributed by atoms with van der Waals surface area (Å²) in [6.07, 6.45) is 0.298. The maximum Gasteiger partial charge on any atom is 0.324 e. The largest absolute Gasteiger partial charge is 0.460 e. The molecular formula is C31H29BrFN3O3. The second-order valence-corrected chi connectivity index (χ2v) is 10.8. The van der Waals surface area contributed by atoms with E-state index in [0.29, 0.717) is 29.7 Å². The molecule has 0 fully saturated rings. The number of hydrogen-bond acceptors (Lipinski definition) is 5. The van der Waals surface area contributed by atoms with Crippen LogP contribution in [0.4, 0.5) is 4.39 Å². The first kappa shape index (κ1) is 27.0. The third-order valence-corrected chi connectivity index (χ3v) is 7.49. The molecule has 4 aromatic rings. The molecule has 39 heavy (non-hydrogen) atoms. The Morgan fingerprint density at radius 1 is 1.03 bits per heavy atom. The zero-order chi connectivity index (χ0) is 27.5. The van der Waals surface area contributed by atoms with E-state index in [2.05, 4.69) is 20.8 Å². The number of nitrogens with zero attached hydrogens (tertiary/aromatic N) is 3. The van der Waals surface area contributed by atoms with Crippen molar-refractivity contribution in [2.24, 2.45) is 0 Å². The molecule has 0 aliphatic carbocycles. The lowest BCUT2D eigenvalue weighted by Gasteiger charge is -2.37. The highest BCUT2D eigenvalue weighted by Gasteiger charge is 2.38. The van der Waals surface area contributed by atoms with Crippen molar-refractivity contribution < 1.29 is 18.7 Å². The van der Waals surface area contributed by atoms with E-state index in [1.807, 2.05) is 79.1 Å². The summed E-state index contributed by atoms with van der Waals surface area (Å²) >= 11 is 3.25. The van der Waals surface area contributed by atoms with Gasteiger partial charge in [0.25, 0.3) is 0 Å². The summed E-state index contributed by atoms with van der Waals surface area (Å²) in [7, 11) is 0. The van der Waals surface area contributed by atoms with Gasteiger partial charge in [-0.2, -0.15) is 0 Å². The lowest BCUT2D eigenvalue weighted by molar-refractivity contribution is -0.153. The van der Waals surface area contributed by atoms with Gasteiger partial charge in [-0.05, 0) is 43.2 Å². The SMILES string of the molecule is CC(C)N1Cc2c(nc(C(=O)c3ccc(Br)cc3F)n2Cc2ccccc2)CC1C(=O)OCc1ccccc1. The molecule has 0 radical (unpaired) electrons. The third-order valence-electron chi connectivity index (χ3n) is 7.00. The number of halogens is 2. The van der Waals surface area contributed by atoms with E-state index in [4.69, 9.17) is 9.72 Å². The second kappa shape index (κ2) is 11.6. The van der Waals surface area contributed by atoms with Crippen LogP contribution in [0, 0.1) is 5.82 Å². The van der Waals surface area contributed by atoms with Crippen LogP contribution in [0.15, 0.2) is 83.3 Å². The smallest absolute Gasteiger partial charge is 0.324 e. The van der Waals surface area contributed by atoms with Gasteiger partial charge in [-0.25, -0.2) is 9.37 Å². The van der Waals surface area contributed by atoms with Crippen LogP contribution in [0.3, 0.4) is 0 Å². The first-order valence-electron chi connectivity index (χ1n) is 12.9. The Kier molecular flexibility index (Phi) is 8.04. The van der Waals surface area contributed by atoms with Crippen molar-refractivity contribution in [2.75, 3.05) is 0 Å². The molecular weight excluding hydrogens is 561 g/mol. The topological polar surface area (TPSA) is 64.4 Å². The van der Waals surface area contributed by atoms with Gasteiger partial charge in [0.05, 0.1) is 17.0 Å². The van der Waals surface area contributed by atoms with Crippen LogP contribution in [0.1, 0.15) is 52.5 Å². The molecule has 1 atom stereocenters. The Bertz CT molecular complexity index is 1490. The fourth-order valence-electron chi connectivity index (χ4n) is 4.95. The number of rotatable bonds is 8. The Morgan fingerprint density at radius 2 is 1.69 bits per heavy atom. The average molecular weight is 590 g/mol. The number of aromatic nitrogens is 2. The molecule has 0 N–H and O–H groups in total. The summed E-state index contributed by atoms with van der Waals surface area (Å²) in [5.41, 5.74) is 3.36. The van der Waals surface area contributed by atoms with E-state index in [1.54, 1.807) is 6.07 Å². The van der Waals surface area contributed by atoms with Gasteiger partial charge in [0.2, 0.25) is 5.78 Å². The molecule has 0 bridgehead atoms. The molecule has 1 aliphatic rings. The lowest BCUT2D eigenvalue weighted by Crippen LogP contribution is -2.49. The van der Waals surface area contributed by atoms with Crippen LogP contribution >= 0.6 is 15.9 Å². The standard InChI is InChI=1S/C31H29BrFN3O3/c1-20(2)35-18-28-26(16-27(35)31(38)39-19-22-11-7-4-8-12-22)34-30(36(28)17-21-9-5-3-6-10-21)29(37)24-14-13-23(32)15-25(24)33/h3-15,20,27H,16-19H2,1-2H3. The molecule has 200 valence electrons. The van der Waals surface area contributed by atoms with Crippen LogP contribution in [-0.2, 0) is 35.6 Å². The number of esters is 1. The van der Waals surface area contributed by atoms with Crippen molar-refractivity contribution in [1.29, 1.82) is 0 Å². The Balaban J connectivity index is 1.51. The molecule has 6 nitrogen and oxygen atoms in total. The summed E-state index contributed by atoms with van der Waals surface area (Å²) in [6, 6.07) is 23.2. The van der Waals surface area contributed by atoms with Gasteiger partial charge in [0.15, 0.2) is 5.82 Å². The van der Waals surface area contributed by atoms with Crippen molar-refractivity contribution in [3.8, 4) is 0 Å². The van der Waals surface area contributed by atoms with Crippen LogP contribution in [-0.4, -0.2) is 38.3 Å². The summed E-state index contributed by atoms with van der Waals surface area (Å²) < 4.78 is 23.0. The molecule has 1 unspecified atom stereocenters. The summed E-state index contributed by atoms with van der Waals surface area (Å²) in [4.78, 5) is 33.8. The van der Waals surface area contributed by atoms with Crippen LogP contribution in [0.5, 0.6) is 0 Å². The zero-order valence-electron chi connectivity index (χ0n) is 21.8. The fraction of sp³-hybridized carbons (Fsp3) is 0.258. The van der Waals surface area contributed by atoms with E-state index in [9.17, 15) is 14.0 Å². The van der Waals surface area contributed by atoms with Gasteiger partial charge in [-0.3, -0.25) is 14.5 Å². The summed E-state index contributed by atoms with van der Waals surface area (Å²) in [5.74, 6) is -1.29. The molecule has 0 saturated carbocycles. The number of ether oxygens (including phenoxy) is 1. The predicted molar refractivity (Wildman–Crippen MR) is 150 cm³/mol. The second-order valence-electron chi connectivity index (χ2n) is 9.93. The number of ketones is 1. The lowest BCUT2D eigenvalue weighted by atomic mass is 10.0. The molecule has 1 aliphatic heterocycles. The minimum Gasteiger partial charge on any atom is -0.460 e. The van der Waals surface area contributed by atoms with Gasteiger partial charge >= 0.3 is 5.97 Å². The van der Waals surface area contributed by atoms with Crippen molar-refractivity contribution in [3.05, 3.63) is 123 Å². The van der Waals surface area contributed by atoms with E-state index in [1.165, 1.54) is 12.1 Å². The van der Waals surface area contributed by atoms with Crippen molar-refractivity contribution >= 4 is 27.7 Å². The quantitative estimate of drug-likeness (QED) is 0.188. The van der Waals surface area contributed by atoms with Gasteiger partial charge in [0.1, 0.15) is 18.5 Å². The minimum absolute atomic E-state index is 0.0376. The molecule has 3 aromatic carbocycles. The van der Waals surface area contributed by atoms with Crippen LogP contribution < -0.4 is 0 Å². The molecule has 0 saturated heterocycles. The van der Waals surface area contributed by atoms with E-state index in [0.717, 1.165) is 16.8 Å². The van der Waals surface area contributed by atoms with Crippen molar-refractivity contribution in [3.63, 3.8) is 0 Å². The van der Waals surface area contributed by atoms with Gasteiger partial charge in [-0.1, -0.05) is 76.6 Å². The van der Waals surface area contributed by atoms with Gasteiger partial charge < -0.3 is 9.30 Å². The Morgan fingerprint density at radius 3 is 2.33 bits per heavy atom. The van der Waals surface area contributed by atoms with Crippen LogP contribution in [0.2, 0.25) is 0 Å². The molecule has 1 aromatic heterocycles. The fourth-order valence-corrected chi connectivity index (χ4v) is 5.28. The van der Waals surface area contributed by atoms with E-state index < -0.39 is 17.6 Å². The van der Waals surface area contributed by atoms with Gasteiger partial charge in [-0.15, -0.1) is 0 Å². The molecule has 0 amide bonds. The minimum atomic E-state index is -0.618. The zero-order valence-corrected chi connectivity index (χ0v) is 23.4. The number of carbonyl (C=O) groups is 2. The first-order chi connectivity index (χ1) is 18.8. The number of imidazole rings is 1. The van der Waals surface area contributed by atoms with Crippen molar-refractivity contribution in [1.82, 2.24) is 14.5 Å². The summed E-state index contributed by atoms with van der Waals surface area (Å²) in [6.45, 7) is 5.06. The number of benzene rings is 3.